The first kappa shape index (κ1) is 14.2. The monoisotopic (exact) mass is 272 g/mol. The molecule has 1 aromatic rings. The van der Waals surface area contributed by atoms with E-state index in [4.69, 9.17) is 28.6 Å². The van der Waals surface area contributed by atoms with Gasteiger partial charge in [0.25, 0.3) is 0 Å². The van der Waals surface area contributed by atoms with Gasteiger partial charge in [-0.25, -0.2) is 0 Å². The number of nitrogens with one attached hydrogen (secondary N) is 2. The Balaban J connectivity index is 2.14. The summed E-state index contributed by atoms with van der Waals surface area (Å²) in [6.45, 7) is 2.18. The number of rotatable bonds is 6. The van der Waals surface area contributed by atoms with Crippen LogP contribution in [0.2, 0.25) is 5.02 Å². The van der Waals surface area contributed by atoms with E-state index < -0.39 is 0 Å². The van der Waals surface area contributed by atoms with Crippen molar-refractivity contribution in [1.82, 2.24) is 10.6 Å². The van der Waals surface area contributed by atoms with Crippen LogP contribution in [0.1, 0.15) is 5.56 Å². The Kier molecular flexibility index (Phi) is 6.93. The number of hydrogen-bond acceptors (Lipinski definition) is 2. The molecule has 3 nitrogen and oxygen atoms in total. The lowest BCUT2D eigenvalue weighted by Crippen LogP contribution is -2.37. The summed E-state index contributed by atoms with van der Waals surface area (Å²) in [4.78, 5) is 0. The minimum atomic E-state index is 0.652. The molecule has 0 atom stereocenters. The lowest BCUT2D eigenvalue weighted by Gasteiger charge is -2.09. The molecule has 0 spiro atoms. The third-order valence-electron chi connectivity index (χ3n) is 2.20. The van der Waals surface area contributed by atoms with E-state index in [-0.39, 0.29) is 0 Å². The maximum absolute atomic E-state index is 5.81. The maximum atomic E-state index is 5.81. The van der Waals surface area contributed by atoms with Crippen molar-refractivity contribution in [2.45, 2.75) is 6.42 Å². The fourth-order valence-corrected chi connectivity index (χ4v) is 1.63. The lowest BCUT2D eigenvalue weighted by atomic mass is 10.1. The molecule has 17 heavy (non-hydrogen) atoms. The summed E-state index contributed by atoms with van der Waals surface area (Å²) in [5.74, 6) is 0. The number of ether oxygens (including phenoxy) is 1. The average Bonchev–Trinajstić information content (AvgIpc) is 2.32. The fourth-order valence-electron chi connectivity index (χ4n) is 1.30. The zero-order valence-electron chi connectivity index (χ0n) is 9.83. The summed E-state index contributed by atoms with van der Waals surface area (Å²) < 4.78 is 4.91. The minimum Gasteiger partial charge on any atom is -0.383 e. The fraction of sp³-hybridized carbons (Fsp3) is 0.417. The number of benzene rings is 1. The SMILES string of the molecule is COCCNC(=S)NCCc1ccc(Cl)cc1. The highest BCUT2D eigenvalue weighted by Crippen LogP contribution is 2.09. The lowest BCUT2D eigenvalue weighted by molar-refractivity contribution is 0.204. The van der Waals surface area contributed by atoms with Gasteiger partial charge in [0.1, 0.15) is 0 Å². The number of methoxy groups -OCH3 is 1. The Morgan fingerprint density at radius 1 is 1.24 bits per heavy atom. The Hall–Kier alpha value is -0.840. The number of halogens is 1. The van der Waals surface area contributed by atoms with Crippen molar-refractivity contribution >= 4 is 28.9 Å². The van der Waals surface area contributed by atoms with E-state index >= 15 is 0 Å². The van der Waals surface area contributed by atoms with Crippen LogP contribution in [0.5, 0.6) is 0 Å². The smallest absolute Gasteiger partial charge is 0.166 e. The van der Waals surface area contributed by atoms with Gasteiger partial charge in [-0.3, -0.25) is 0 Å². The zero-order chi connectivity index (χ0) is 12.5. The van der Waals surface area contributed by atoms with Crippen molar-refractivity contribution in [3.63, 3.8) is 0 Å². The Labute approximate surface area is 112 Å². The highest BCUT2D eigenvalue weighted by molar-refractivity contribution is 7.80. The second kappa shape index (κ2) is 8.28. The van der Waals surface area contributed by atoms with Crippen LogP contribution < -0.4 is 10.6 Å². The molecule has 0 aromatic heterocycles. The van der Waals surface area contributed by atoms with Gasteiger partial charge in [-0.15, -0.1) is 0 Å². The van der Waals surface area contributed by atoms with E-state index in [9.17, 15) is 0 Å². The largest absolute Gasteiger partial charge is 0.383 e. The summed E-state index contributed by atoms with van der Waals surface area (Å²) in [6.07, 6.45) is 0.920. The van der Waals surface area contributed by atoms with Gasteiger partial charge in [0.2, 0.25) is 0 Å². The van der Waals surface area contributed by atoms with Crippen molar-refractivity contribution in [2.24, 2.45) is 0 Å². The molecule has 0 unspecified atom stereocenters. The third-order valence-corrected chi connectivity index (χ3v) is 2.74. The molecule has 0 aliphatic heterocycles. The van der Waals surface area contributed by atoms with Gasteiger partial charge in [0.05, 0.1) is 6.61 Å². The van der Waals surface area contributed by atoms with Crippen LogP contribution in [0.4, 0.5) is 0 Å². The van der Waals surface area contributed by atoms with Crippen molar-refractivity contribution in [1.29, 1.82) is 0 Å². The first-order chi connectivity index (χ1) is 8.22. The summed E-state index contributed by atoms with van der Waals surface area (Å²) in [5, 5.41) is 7.62. The second-order valence-corrected chi connectivity index (χ2v) is 4.40. The van der Waals surface area contributed by atoms with Gasteiger partial charge in [0.15, 0.2) is 5.11 Å². The van der Waals surface area contributed by atoms with Gasteiger partial charge in [-0.2, -0.15) is 0 Å². The van der Waals surface area contributed by atoms with Crippen LogP contribution in [0.3, 0.4) is 0 Å². The molecule has 5 heteroatoms. The Bertz CT molecular complexity index is 343. The molecular formula is C12H17ClN2OS. The van der Waals surface area contributed by atoms with Crippen molar-refractivity contribution in [3.8, 4) is 0 Å². The molecule has 0 bridgehead atoms. The summed E-state index contributed by atoms with van der Waals surface area (Å²) in [7, 11) is 1.67. The molecule has 2 N–H and O–H groups in total. The Morgan fingerprint density at radius 2 is 1.88 bits per heavy atom. The summed E-state index contributed by atoms with van der Waals surface area (Å²) in [6, 6.07) is 7.83. The van der Waals surface area contributed by atoms with Gasteiger partial charge in [0, 0.05) is 25.2 Å². The Morgan fingerprint density at radius 3 is 2.53 bits per heavy atom. The summed E-state index contributed by atoms with van der Waals surface area (Å²) in [5.41, 5.74) is 1.24. The zero-order valence-corrected chi connectivity index (χ0v) is 11.4. The van der Waals surface area contributed by atoms with Crippen LogP contribution in [-0.4, -0.2) is 31.9 Å². The van der Waals surface area contributed by atoms with E-state index in [0.29, 0.717) is 11.7 Å². The van der Waals surface area contributed by atoms with Gasteiger partial charge < -0.3 is 15.4 Å². The standard InChI is InChI=1S/C12H17ClN2OS/c1-16-9-8-15-12(17)14-7-6-10-2-4-11(13)5-3-10/h2-5H,6-9H2,1H3,(H2,14,15,17). The van der Waals surface area contributed by atoms with Gasteiger partial charge in [-0.1, -0.05) is 23.7 Å². The van der Waals surface area contributed by atoms with Crippen molar-refractivity contribution in [2.75, 3.05) is 26.8 Å². The van der Waals surface area contributed by atoms with Crippen LogP contribution in [0.25, 0.3) is 0 Å². The second-order valence-electron chi connectivity index (χ2n) is 3.55. The molecule has 0 saturated carbocycles. The van der Waals surface area contributed by atoms with Crippen molar-refractivity contribution < 1.29 is 4.74 Å². The molecule has 94 valence electrons. The van der Waals surface area contributed by atoms with Crippen molar-refractivity contribution in [3.05, 3.63) is 34.9 Å². The quantitative estimate of drug-likeness (QED) is 0.613. The van der Waals surface area contributed by atoms with Crippen LogP contribution >= 0.6 is 23.8 Å². The van der Waals surface area contributed by atoms with E-state index in [0.717, 1.165) is 24.5 Å². The van der Waals surface area contributed by atoms with Crippen LogP contribution in [0.15, 0.2) is 24.3 Å². The molecule has 0 heterocycles. The highest BCUT2D eigenvalue weighted by Gasteiger charge is 1.96. The minimum absolute atomic E-state index is 0.652. The number of hydrogen-bond donors (Lipinski definition) is 2. The third kappa shape index (κ3) is 6.46. The predicted molar refractivity (Wildman–Crippen MR) is 75.6 cm³/mol. The normalized spacial score (nSPS) is 10.0. The van der Waals surface area contributed by atoms with E-state index in [2.05, 4.69) is 10.6 Å². The van der Waals surface area contributed by atoms with Gasteiger partial charge >= 0.3 is 0 Å². The first-order valence-corrected chi connectivity index (χ1v) is 6.26. The molecular weight excluding hydrogens is 256 g/mol. The first-order valence-electron chi connectivity index (χ1n) is 5.47. The molecule has 0 saturated heterocycles. The van der Waals surface area contributed by atoms with Crippen LogP contribution in [-0.2, 0) is 11.2 Å². The molecule has 0 aliphatic rings. The molecule has 0 fully saturated rings. The topological polar surface area (TPSA) is 33.3 Å². The number of thiocarbonyl (C=S) groups is 1. The summed E-state index contributed by atoms with van der Waals surface area (Å²) >= 11 is 10.9. The average molecular weight is 273 g/mol. The van der Waals surface area contributed by atoms with E-state index in [1.54, 1.807) is 7.11 Å². The van der Waals surface area contributed by atoms with Crippen LogP contribution in [0, 0.1) is 0 Å². The highest BCUT2D eigenvalue weighted by atomic mass is 35.5. The molecule has 0 radical (unpaired) electrons. The molecule has 1 aromatic carbocycles. The molecule has 1 rings (SSSR count). The van der Waals surface area contributed by atoms with Gasteiger partial charge in [-0.05, 0) is 36.3 Å². The van der Waals surface area contributed by atoms with E-state index in [1.165, 1.54) is 5.56 Å². The molecule has 0 amide bonds. The predicted octanol–water partition coefficient (Wildman–Crippen LogP) is 1.99. The van der Waals surface area contributed by atoms with E-state index in [1.807, 2.05) is 24.3 Å². The molecule has 0 aliphatic carbocycles. The maximum Gasteiger partial charge on any atom is 0.166 e.